The lowest BCUT2D eigenvalue weighted by Crippen LogP contribution is -2.20. The molecule has 4 heteroatoms. The van der Waals surface area contributed by atoms with Crippen molar-refractivity contribution < 1.29 is 4.74 Å². The van der Waals surface area contributed by atoms with Crippen LogP contribution in [0.15, 0.2) is 23.6 Å². The summed E-state index contributed by atoms with van der Waals surface area (Å²) >= 11 is 1.72. The fourth-order valence-electron chi connectivity index (χ4n) is 2.22. The maximum absolute atomic E-state index is 5.91. The van der Waals surface area contributed by atoms with Crippen molar-refractivity contribution in [3.8, 4) is 5.75 Å². The van der Waals surface area contributed by atoms with Crippen molar-refractivity contribution >= 4 is 11.3 Å². The van der Waals surface area contributed by atoms with Gasteiger partial charge in [-0.25, -0.2) is 4.98 Å². The van der Waals surface area contributed by atoms with Crippen LogP contribution in [-0.2, 0) is 11.8 Å². The van der Waals surface area contributed by atoms with E-state index in [0.29, 0.717) is 13.2 Å². The Bertz CT molecular complexity index is 619. The lowest BCUT2D eigenvalue weighted by Gasteiger charge is -2.22. The molecule has 0 radical (unpaired) electrons. The van der Waals surface area contributed by atoms with Gasteiger partial charge >= 0.3 is 0 Å². The third-order valence-corrected chi connectivity index (χ3v) is 5.26. The summed E-state index contributed by atoms with van der Waals surface area (Å²) in [6.45, 7) is 10.0. The van der Waals surface area contributed by atoms with Crippen LogP contribution in [0, 0.1) is 13.8 Å². The molecular weight excluding hydrogens is 292 g/mol. The number of rotatable bonds is 7. The van der Waals surface area contributed by atoms with E-state index in [1.54, 1.807) is 11.3 Å². The quantitative estimate of drug-likeness (QED) is 0.839. The van der Waals surface area contributed by atoms with Gasteiger partial charge in [0, 0.05) is 17.2 Å². The van der Waals surface area contributed by atoms with E-state index in [2.05, 4.69) is 45.2 Å². The van der Waals surface area contributed by atoms with Gasteiger partial charge in [0.1, 0.15) is 5.75 Å². The SMILES string of the molecule is Cc1ccc(OCCC(C)(C)c2nc(CCN)cs2)cc1C. The standard InChI is InChI=1S/C18H26N2OS/c1-13-5-6-16(11-14(13)2)21-10-8-18(3,4)17-20-15(7-9-19)12-22-17/h5-6,11-12H,7-10,19H2,1-4H3. The number of hydrogen-bond donors (Lipinski definition) is 1. The lowest BCUT2D eigenvalue weighted by atomic mass is 9.90. The first kappa shape index (κ1) is 17.0. The van der Waals surface area contributed by atoms with E-state index in [4.69, 9.17) is 15.5 Å². The van der Waals surface area contributed by atoms with Crippen molar-refractivity contribution in [1.29, 1.82) is 0 Å². The number of aromatic nitrogens is 1. The van der Waals surface area contributed by atoms with Crippen LogP contribution in [-0.4, -0.2) is 18.1 Å². The van der Waals surface area contributed by atoms with Gasteiger partial charge in [-0.05, 0) is 50.1 Å². The van der Waals surface area contributed by atoms with Gasteiger partial charge < -0.3 is 10.5 Å². The Kier molecular flexibility index (Phi) is 5.59. The van der Waals surface area contributed by atoms with Crippen LogP contribution in [0.3, 0.4) is 0 Å². The molecule has 0 aliphatic carbocycles. The van der Waals surface area contributed by atoms with Crippen LogP contribution in [0.2, 0.25) is 0 Å². The summed E-state index contributed by atoms with van der Waals surface area (Å²) in [6, 6.07) is 6.25. The van der Waals surface area contributed by atoms with Crippen molar-refractivity contribution in [2.75, 3.05) is 13.2 Å². The minimum absolute atomic E-state index is 0.0251. The molecule has 2 aromatic rings. The maximum atomic E-state index is 5.91. The molecule has 120 valence electrons. The molecule has 0 saturated heterocycles. The predicted octanol–water partition coefficient (Wildman–Crippen LogP) is 4.01. The number of ether oxygens (including phenoxy) is 1. The molecule has 0 amide bonds. The molecule has 2 rings (SSSR count). The topological polar surface area (TPSA) is 48.1 Å². The zero-order valence-corrected chi connectivity index (χ0v) is 14.8. The summed E-state index contributed by atoms with van der Waals surface area (Å²) < 4.78 is 5.91. The molecule has 0 bridgehead atoms. The Morgan fingerprint density at radius 2 is 2.00 bits per heavy atom. The van der Waals surface area contributed by atoms with Crippen LogP contribution in [0.4, 0.5) is 0 Å². The molecule has 1 heterocycles. The molecule has 0 fully saturated rings. The number of nitrogens with two attached hydrogens (primary N) is 1. The summed E-state index contributed by atoms with van der Waals surface area (Å²) in [7, 11) is 0. The van der Waals surface area contributed by atoms with Crippen LogP contribution < -0.4 is 10.5 Å². The average Bonchev–Trinajstić information content (AvgIpc) is 2.93. The Hall–Kier alpha value is -1.39. The van der Waals surface area contributed by atoms with E-state index in [1.165, 1.54) is 16.1 Å². The number of thiazole rings is 1. The smallest absolute Gasteiger partial charge is 0.119 e. The minimum Gasteiger partial charge on any atom is -0.494 e. The summed E-state index contributed by atoms with van der Waals surface area (Å²) in [6.07, 6.45) is 1.79. The van der Waals surface area contributed by atoms with Gasteiger partial charge in [-0.3, -0.25) is 0 Å². The fraction of sp³-hybridized carbons (Fsp3) is 0.500. The van der Waals surface area contributed by atoms with Crippen molar-refractivity contribution in [3.63, 3.8) is 0 Å². The number of nitrogens with zero attached hydrogens (tertiary/aromatic N) is 1. The monoisotopic (exact) mass is 318 g/mol. The van der Waals surface area contributed by atoms with Gasteiger partial charge in [0.05, 0.1) is 17.3 Å². The van der Waals surface area contributed by atoms with E-state index in [-0.39, 0.29) is 5.41 Å². The lowest BCUT2D eigenvalue weighted by molar-refractivity contribution is 0.272. The molecule has 22 heavy (non-hydrogen) atoms. The third-order valence-electron chi connectivity index (χ3n) is 4.01. The maximum Gasteiger partial charge on any atom is 0.119 e. The zero-order valence-electron chi connectivity index (χ0n) is 14.0. The Labute approximate surface area is 137 Å². The second kappa shape index (κ2) is 7.25. The number of aryl methyl sites for hydroxylation is 2. The number of benzene rings is 1. The largest absolute Gasteiger partial charge is 0.494 e. The Morgan fingerprint density at radius 3 is 2.68 bits per heavy atom. The minimum atomic E-state index is 0.0251. The second-order valence-electron chi connectivity index (χ2n) is 6.41. The van der Waals surface area contributed by atoms with Crippen LogP contribution in [0.5, 0.6) is 5.75 Å². The molecule has 1 aromatic carbocycles. The van der Waals surface area contributed by atoms with E-state index >= 15 is 0 Å². The molecule has 0 aliphatic rings. The van der Waals surface area contributed by atoms with E-state index < -0.39 is 0 Å². The van der Waals surface area contributed by atoms with Crippen molar-refractivity contribution in [2.45, 2.75) is 46.0 Å². The van der Waals surface area contributed by atoms with Gasteiger partial charge in [-0.2, -0.15) is 0 Å². The molecule has 1 aromatic heterocycles. The molecule has 2 N–H and O–H groups in total. The first-order valence-electron chi connectivity index (χ1n) is 7.77. The normalized spacial score (nSPS) is 11.7. The van der Waals surface area contributed by atoms with Crippen LogP contribution >= 0.6 is 11.3 Å². The highest BCUT2D eigenvalue weighted by molar-refractivity contribution is 7.09. The van der Waals surface area contributed by atoms with Crippen molar-refractivity contribution in [3.05, 3.63) is 45.4 Å². The molecular formula is C18H26N2OS. The van der Waals surface area contributed by atoms with Crippen molar-refractivity contribution in [2.24, 2.45) is 5.73 Å². The number of hydrogen-bond acceptors (Lipinski definition) is 4. The van der Waals surface area contributed by atoms with Gasteiger partial charge in [-0.15, -0.1) is 11.3 Å². The Balaban J connectivity index is 1.92. The van der Waals surface area contributed by atoms with Crippen molar-refractivity contribution in [1.82, 2.24) is 4.98 Å². The van der Waals surface area contributed by atoms with Crippen LogP contribution in [0.1, 0.15) is 42.1 Å². The molecule has 0 spiro atoms. The average molecular weight is 318 g/mol. The first-order valence-corrected chi connectivity index (χ1v) is 8.65. The second-order valence-corrected chi connectivity index (χ2v) is 7.27. The third kappa shape index (κ3) is 4.31. The van der Waals surface area contributed by atoms with Gasteiger partial charge in [0.25, 0.3) is 0 Å². The summed E-state index contributed by atoms with van der Waals surface area (Å²) in [5, 5.41) is 3.29. The van der Waals surface area contributed by atoms with E-state index in [0.717, 1.165) is 24.3 Å². The first-order chi connectivity index (χ1) is 10.4. The summed E-state index contributed by atoms with van der Waals surface area (Å²) in [5.74, 6) is 0.946. The molecule has 0 aliphatic heterocycles. The molecule has 3 nitrogen and oxygen atoms in total. The molecule has 0 unspecified atom stereocenters. The molecule has 0 saturated carbocycles. The predicted molar refractivity (Wildman–Crippen MR) is 93.9 cm³/mol. The van der Waals surface area contributed by atoms with Crippen LogP contribution in [0.25, 0.3) is 0 Å². The Morgan fingerprint density at radius 1 is 1.23 bits per heavy atom. The van der Waals surface area contributed by atoms with Gasteiger partial charge in [0.2, 0.25) is 0 Å². The summed E-state index contributed by atoms with van der Waals surface area (Å²) in [4.78, 5) is 4.71. The highest BCUT2D eigenvalue weighted by Gasteiger charge is 2.24. The highest BCUT2D eigenvalue weighted by atomic mass is 32.1. The van der Waals surface area contributed by atoms with Gasteiger partial charge in [-0.1, -0.05) is 19.9 Å². The van der Waals surface area contributed by atoms with Gasteiger partial charge in [0.15, 0.2) is 0 Å². The zero-order chi connectivity index (χ0) is 16.2. The highest BCUT2D eigenvalue weighted by Crippen LogP contribution is 2.30. The van der Waals surface area contributed by atoms with E-state index in [9.17, 15) is 0 Å². The fourth-order valence-corrected chi connectivity index (χ4v) is 3.22. The molecule has 0 atom stereocenters. The van der Waals surface area contributed by atoms with E-state index in [1.807, 2.05) is 6.07 Å². The summed E-state index contributed by atoms with van der Waals surface area (Å²) in [5.41, 5.74) is 9.28.